The third-order valence-electron chi connectivity index (χ3n) is 5.15. The Morgan fingerprint density at radius 2 is 1.64 bits per heavy atom. The third kappa shape index (κ3) is 3.47. The molecule has 3 aromatic carbocycles. The van der Waals surface area contributed by atoms with Gasteiger partial charge in [-0.15, -0.1) is 0 Å². The van der Waals surface area contributed by atoms with Crippen molar-refractivity contribution < 1.29 is 0 Å². The Morgan fingerprint density at radius 3 is 2.43 bits per heavy atom. The Kier molecular flexibility index (Phi) is 5.04. The van der Waals surface area contributed by atoms with E-state index in [4.69, 9.17) is 10.7 Å². The summed E-state index contributed by atoms with van der Waals surface area (Å²) >= 11 is 0. The van der Waals surface area contributed by atoms with E-state index in [2.05, 4.69) is 25.1 Å². The fourth-order valence-corrected chi connectivity index (χ4v) is 3.60. The van der Waals surface area contributed by atoms with Gasteiger partial charge >= 0.3 is 0 Å². The molecule has 1 atom stereocenters. The molecule has 4 nitrogen and oxygen atoms in total. The van der Waals surface area contributed by atoms with Crippen LogP contribution in [-0.4, -0.2) is 9.55 Å². The Morgan fingerprint density at radius 1 is 0.929 bits per heavy atom. The van der Waals surface area contributed by atoms with Crippen LogP contribution in [0, 0.1) is 0 Å². The van der Waals surface area contributed by atoms with Crippen LogP contribution in [0.25, 0.3) is 10.9 Å². The Labute approximate surface area is 164 Å². The van der Waals surface area contributed by atoms with Gasteiger partial charge in [-0.25, -0.2) is 4.98 Å². The summed E-state index contributed by atoms with van der Waals surface area (Å²) in [6.07, 6.45) is 0. The highest BCUT2D eigenvalue weighted by Gasteiger charge is 2.18. The van der Waals surface area contributed by atoms with Crippen molar-refractivity contribution in [2.75, 3.05) is 0 Å². The summed E-state index contributed by atoms with van der Waals surface area (Å²) < 4.78 is 1.80. The van der Waals surface area contributed by atoms with Crippen LogP contribution < -0.4 is 11.3 Å². The van der Waals surface area contributed by atoms with E-state index in [9.17, 15) is 4.79 Å². The Balaban J connectivity index is 1.89. The van der Waals surface area contributed by atoms with Crippen molar-refractivity contribution in [1.29, 1.82) is 0 Å². The second-order valence-corrected chi connectivity index (χ2v) is 7.03. The van der Waals surface area contributed by atoms with Crippen molar-refractivity contribution >= 4 is 10.9 Å². The Hall–Kier alpha value is -3.24. The van der Waals surface area contributed by atoms with Gasteiger partial charge in [-0.05, 0) is 28.8 Å². The van der Waals surface area contributed by atoms with Gasteiger partial charge in [-0.1, -0.05) is 73.7 Å². The maximum absolute atomic E-state index is 13.3. The number of hydrogen-bond donors (Lipinski definition) is 1. The van der Waals surface area contributed by atoms with Gasteiger partial charge < -0.3 is 5.73 Å². The minimum atomic E-state index is -0.0125. The molecule has 1 aromatic heterocycles. The summed E-state index contributed by atoms with van der Waals surface area (Å²) in [5.74, 6) is 0.768. The second-order valence-electron chi connectivity index (χ2n) is 7.03. The molecule has 0 radical (unpaired) electrons. The molecule has 2 N–H and O–H groups in total. The highest BCUT2D eigenvalue weighted by atomic mass is 16.1. The van der Waals surface area contributed by atoms with Crippen LogP contribution in [0.2, 0.25) is 0 Å². The SMILES string of the molecule is CC(c1ccccc1)c1nc2ccccc2c(=O)n1Cc1cccc(CN)c1. The van der Waals surface area contributed by atoms with Crippen molar-refractivity contribution in [2.24, 2.45) is 5.73 Å². The highest BCUT2D eigenvalue weighted by Crippen LogP contribution is 2.24. The molecule has 0 fully saturated rings. The first-order valence-corrected chi connectivity index (χ1v) is 9.49. The normalized spacial score (nSPS) is 12.2. The van der Waals surface area contributed by atoms with Crippen LogP contribution in [0.5, 0.6) is 0 Å². The molecule has 0 saturated heterocycles. The summed E-state index contributed by atoms with van der Waals surface area (Å²) in [4.78, 5) is 18.2. The first kappa shape index (κ1) is 18.1. The molecule has 0 amide bonds. The fourth-order valence-electron chi connectivity index (χ4n) is 3.60. The first-order valence-electron chi connectivity index (χ1n) is 9.49. The minimum Gasteiger partial charge on any atom is -0.326 e. The number of fused-ring (bicyclic) bond motifs is 1. The molecule has 4 heteroatoms. The van der Waals surface area contributed by atoms with Crippen molar-refractivity contribution in [1.82, 2.24) is 9.55 Å². The van der Waals surface area contributed by atoms with Crippen LogP contribution in [-0.2, 0) is 13.1 Å². The summed E-state index contributed by atoms with van der Waals surface area (Å²) in [5, 5.41) is 0.640. The molecule has 0 spiro atoms. The molecule has 0 saturated carbocycles. The summed E-state index contributed by atoms with van der Waals surface area (Å²) in [6.45, 7) is 3.04. The van der Waals surface area contributed by atoms with Crippen molar-refractivity contribution in [2.45, 2.75) is 25.9 Å². The van der Waals surface area contributed by atoms with Gasteiger partial charge in [0.25, 0.3) is 5.56 Å². The predicted molar refractivity (Wildman–Crippen MR) is 113 cm³/mol. The topological polar surface area (TPSA) is 60.9 Å². The largest absolute Gasteiger partial charge is 0.326 e. The smallest absolute Gasteiger partial charge is 0.261 e. The van der Waals surface area contributed by atoms with E-state index < -0.39 is 0 Å². The van der Waals surface area contributed by atoms with Crippen LogP contribution in [0.15, 0.2) is 83.7 Å². The van der Waals surface area contributed by atoms with Crippen molar-refractivity contribution in [3.63, 3.8) is 0 Å². The van der Waals surface area contributed by atoms with Crippen molar-refractivity contribution in [3.05, 3.63) is 112 Å². The molecule has 0 aliphatic rings. The van der Waals surface area contributed by atoms with Gasteiger partial charge in [0.1, 0.15) is 5.82 Å². The van der Waals surface area contributed by atoms with Gasteiger partial charge in [0.15, 0.2) is 0 Å². The van der Waals surface area contributed by atoms with Gasteiger partial charge in [0, 0.05) is 12.5 Å². The molecule has 4 aromatic rings. The minimum absolute atomic E-state index is 0.00352. The number of para-hydroxylation sites is 1. The van der Waals surface area contributed by atoms with Crippen LogP contribution in [0.1, 0.15) is 35.4 Å². The fraction of sp³-hybridized carbons (Fsp3) is 0.167. The number of aromatic nitrogens is 2. The Bertz CT molecular complexity index is 1170. The van der Waals surface area contributed by atoms with E-state index in [0.717, 1.165) is 28.0 Å². The standard InChI is InChI=1S/C24H23N3O/c1-17(20-10-3-2-4-11-20)23-26-22-13-6-5-12-21(22)24(28)27(23)16-19-9-7-8-18(14-19)15-25/h2-14,17H,15-16,25H2,1H3. The number of nitrogens with zero attached hydrogens (tertiary/aromatic N) is 2. The zero-order valence-corrected chi connectivity index (χ0v) is 15.9. The van der Waals surface area contributed by atoms with Crippen LogP contribution in [0.3, 0.4) is 0 Å². The maximum atomic E-state index is 13.3. The molecule has 28 heavy (non-hydrogen) atoms. The monoisotopic (exact) mass is 369 g/mol. The molecule has 4 rings (SSSR count). The number of nitrogens with two attached hydrogens (primary N) is 1. The van der Waals surface area contributed by atoms with Gasteiger partial charge in [-0.2, -0.15) is 0 Å². The summed E-state index contributed by atoms with van der Waals surface area (Å²) in [5.41, 5.74) is 9.74. The highest BCUT2D eigenvalue weighted by molar-refractivity contribution is 5.77. The molecule has 1 heterocycles. The van der Waals surface area contributed by atoms with Gasteiger partial charge in [-0.3, -0.25) is 9.36 Å². The summed E-state index contributed by atoms with van der Waals surface area (Å²) in [6, 6.07) is 25.8. The number of rotatable bonds is 5. The lowest BCUT2D eigenvalue weighted by molar-refractivity contribution is 0.650. The average molecular weight is 369 g/mol. The van der Waals surface area contributed by atoms with Crippen molar-refractivity contribution in [3.8, 4) is 0 Å². The number of benzene rings is 3. The third-order valence-corrected chi connectivity index (χ3v) is 5.15. The molecule has 0 aliphatic heterocycles. The van der Waals surface area contributed by atoms with E-state index in [1.54, 1.807) is 4.57 Å². The van der Waals surface area contributed by atoms with Crippen LogP contribution >= 0.6 is 0 Å². The van der Waals surface area contributed by atoms with Gasteiger partial charge in [0.05, 0.1) is 17.4 Å². The molecular weight excluding hydrogens is 346 g/mol. The molecular formula is C24H23N3O. The zero-order chi connectivity index (χ0) is 19.5. The first-order chi connectivity index (χ1) is 13.7. The van der Waals surface area contributed by atoms with Crippen LogP contribution in [0.4, 0.5) is 0 Å². The average Bonchev–Trinajstić information content (AvgIpc) is 2.76. The second kappa shape index (κ2) is 7.79. The molecule has 140 valence electrons. The lowest BCUT2D eigenvalue weighted by Gasteiger charge is -2.19. The predicted octanol–water partition coefficient (Wildman–Crippen LogP) is 4.06. The van der Waals surface area contributed by atoms with E-state index in [0.29, 0.717) is 18.5 Å². The quantitative estimate of drug-likeness (QED) is 0.577. The zero-order valence-electron chi connectivity index (χ0n) is 15.9. The van der Waals surface area contributed by atoms with E-state index in [1.807, 2.05) is 60.7 Å². The molecule has 0 bridgehead atoms. The van der Waals surface area contributed by atoms with Gasteiger partial charge in [0.2, 0.25) is 0 Å². The molecule has 0 aliphatic carbocycles. The number of hydrogen-bond acceptors (Lipinski definition) is 3. The maximum Gasteiger partial charge on any atom is 0.261 e. The lowest BCUT2D eigenvalue weighted by Crippen LogP contribution is -2.27. The van der Waals surface area contributed by atoms with E-state index >= 15 is 0 Å². The lowest BCUT2D eigenvalue weighted by atomic mass is 9.99. The van der Waals surface area contributed by atoms with E-state index in [1.165, 1.54) is 0 Å². The summed E-state index contributed by atoms with van der Waals surface area (Å²) in [7, 11) is 0. The molecule has 1 unspecified atom stereocenters. The van der Waals surface area contributed by atoms with E-state index in [-0.39, 0.29) is 11.5 Å².